The summed E-state index contributed by atoms with van der Waals surface area (Å²) in [5.41, 5.74) is 1.82. The van der Waals surface area contributed by atoms with E-state index in [1.807, 2.05) is 6.07 Å². The minimum atomic E-state index is 0.202. The van der Waals surface area contributed by atoms with Crippen molar-refractivity contribution in [3.05, 3.63) is 53.3 Å². The summed E-state index contributed by atoms with van der Waals surface area (Å²) >= 11 is 7.25. The molecule has 0 unspecified atom stereocenters. The van der Waals surface area contributed by atoms with Gasteiger partial charge in [-0.3, -0.25) is 0 Å². The molecule has 0 saturated heterocycles. The molecule has 1 aromatic carbocycles. The Morgan fingerprint density at radius 1 is 1.14 bits per heavy atom. The number of aromatic nitrogens is 5. The summed E-state index contributed by atoms with van der Waals surface area (Å²) in [4.78, 5) is 4.04. The molecule has 8 heteroatoms. The van der Waals surface area contributed by atoms with Gasteiger partial charge in [0, 0.05) is 11.9 Å². The van der Waals surface area contributed by atoms with E-state index in [1.165, 1.54) is 11.8 Å². The van der Waals surface area contributed by atoms with Crippen LogP contribution in [0, 0.1) is 0 Å². The molecule has 0 aliphatic carbocycles. The quantitative estimate of drug-likeness (QED) is 0.588. The summed E-state index contributed by atoms with van der Waals surface area (Å²) < 4.78 is 1.62. The number of aromatic hydroxyl groups is 1. The molecule has 0 saturated carbocycles. The Morgan fingerprint density at radius 2 is 1.95 bits per heavy atom. The monoisotopic (exact) mass is 319 g/mol. The van der Waals surface area contributed by atoms with E-state index >= 15 is 0 Å². The molecule has 3 aromatic rings. The standard InChI is InChI=1S/C13H10ClN5OS/c14-12-6-1-9(7-15-12)8-21-13-16-17-18-19(13)10-2-4-11(20)5-3-10/h1-7,20H,8H2. The SMILES string of the molecule is Oc1ccc(-n2nnnc2SCc2ccc(Cl)nc2)cc1. The first kappa shape index (κ1) is 13.8. The molecule has 0 aliphatic rings. The van der Waals surface area contributed by atoms with E-state index in [1.54, 1.807) is 41.2 Å². The number of phenolic OH excluding ortho intramolecular Hbond substituents is 1. The summed E-state index contributed by atoms with van der Waals surface area (Å²) in [6.45, 7) is 0. The minimum Gasteiger partial charge on any atom is -0.508 e. The predicted octanol–water partition coefficient (Wildman–Crippen LogP) is 2.71. The van der Waals surface area contributed by atoms with Gasteiger partial charge in [-0.25, -0.2) is 4.98 Å². The fourth-order valence-corrected chi connectivity index (χ4v) is 2.60. The highest BCUT2D eigenvalue weighted by atomic mass is 35.5. The van der Waals surface area contributed by atoms with Crippen LogP contribution in [-0.4, -0.2) is 30.3 Å². The zero-order valence-corrected chi connectivity index (χ0v) is 12.3. The van der Waals surface area contributed by atoms with E-state index in [0.29, 0.717) is 16.1 Å². The Balaban J connectivity index is 1.76. The van der Waals surface area contributed by atoms with E-state index in [-0.39, 0.29) is 5.75 Å². The lowest BCUT2D eigenvalue weighted by Gasteiger charge is -2.04. The van der Waals surface area contributed by atoms with Crippen molar-refractivity contribution in [2.75, 3.05) is 0 Å². The highest BCUT2D eigenvalue weighted by Gasteiger charge is 2.09. The molecule has 3 rings (SSSR count). The predicted molar refractivity (Wildman–Crippen MR) is 79.6 cm³/mol. The van der Waals surface area contributed by atoms with Crippen molar-refractivity contribution in [1.82, 2.24) is 25.2 Å². The molecule has 0 spiro atoms. The first-order chi connectivity index (χ1) is 10.2. The molecule has 0 bridgehead atoms. The van der Waals surface area contributed by atoms with Crippen LogP contribution in [0.3, 0.4) is 0 Å². The van der Waals surface area contributed by atoms with E-state index in [2.05, 4.69) is 20.5 Å². The van der Waals surface area contributed by atoms with Crippen LogP contribution in [-0.2, 0) is 5.75 Å². The molecule has 0 radical (unpaired) electrons. The second-order valence-electron chi connectivity index (χ2n) is 4.17. The molecule has 0 atom stereocenters. The van der Waals surface area contributed by atoms with Gasteiger partial charge in [0.25, 0.3) is 0 Å². The molecule has 6 nitrogen and oxygen atoms in total. The van der Waals surface area contributed by atoms with Crippen molar-refractivity contribution >= 4 is 23.4 Å². The second-order valence-corrected chi connectivity index (χ2v) is 5.50. The fraction of sp³-hybridized carbons (Fsp3) is 0.0769. The number of tetrazole rings is 1. The topological polar surface area (TPSA) is 76.7 Å². The Kier molecular flexibility index (Phi) is 4.03. The van der Waals surface area contributed by atoms with E-state index in [0.717, 1.165) is 11.3 Å². The maximum absolute atomic E-state index is 9.31. The Hall–Kier alpha value is -2.12. The van der Waals surface area contributed by atoms with E-state index in [4.69, 9.17) is 11.6 Å². The lowest BCUT2D eigenvalue weighted by molar-refractivity contribution is 0.475. The number of halogens is 1. The Morgan fingerprint density at radius 3 is 2.67 bits per heavy atom. The van der Waals surface area contributed by atoms with Crippen LogP contribution in [0.25, 0.3) is 5.69 Å². The summed E-state index contributed by atoms with van der Waals surface area (Å²) in [5, 5.41) is 22.1. The molecule has 1 N–H and O–H groups in total. The molecule has 21 heavy (non-hydrogen) atoms. The summed E-state index contributed by atoms with van der Waals surface area (Å²) in [7, 11) is 0. The minimum absolute atomic E-state index is 0.202. The van der Waals surface area contributed by atoms with Crippen molar-refractivity contribution in [2.45, 2.75) is 10.9 Å². The maximum Gasteiger partial charge on any atom is 0.214 e. The van der Waals surface area contributed by atoms with Crippen LogP contribution in [0.4, 0.5) is 0 Å². The molecular formula is C13H10ClN5OS. The van der Waals surface area contributed by atoms with Gasteiger partial charge >= 0.3 is 0 Å². The van der Waals surface area contributed by atoms with Crippen molar-refractivity contribution in [1.29, 1.82) is 0 Å². The van der Waals surface area contributed by atoms with Gasteiger partial charge in [0.05, 0.1) is 5.69 Å². The Bertz CT molecular complexity index is 729. The number of hydrogen-bond acceptors (Lipinski definition) is 6. The number of pyridine rings is 1. The third-order valence-electron chi connectivity index (χ3n) is 2.69. The first-order valence-corrected chi connectivity index (χ1v) is 7.40. The third-order valence-corrected chi connectivity index (χ3v) is 3.91. The van der Waals surface area contributed by atoms with Crippen LogP contribution in [0.2, 0.25) is 5.15 Å². The smallest absolute Gasteiger partial charge is 0.214 e. The van der Waals surface area contributed by atoms with Gasteiger partial charge < -0.3 is 5.11 Å². The number of hydrogen-bond donors (Lipinski definition) is 1. The van der Waals surface area contributed by atoms with Crippen LogP contribution in [0.15, 0.2) is 47.8 Å². The molecule has 0 fully saturated rings. The van der Waals surface area contributed by atoms with E-state index < -0.39 is 0 Å². The maximum atomic E-state index is 9.31. The van der Waals surface area contributed by atoms with Crippen molar-refractivity contribution in [3.63, 3.8) is 0 Å². The number of nitrogens with zero attached hydrogens (tertiary/aromatic N) is 5. The fourth-order valence-electron chi connectivity index (χ4n) is 1.66. The lowest BCUT2D eigenvalue weighted by Crippen LogP contribution is -1.98. The second kappa shape index (κ2) is 6.11. The molecule has 0 amide bonds. The molecule has 2 heterocycles. The highest BCUT2D eigenvalue weighted by molar-refractivity contribution is 7.98. The normalized spacial score (nSPS) is 10.7. The summed E-state index contributed by atoms with van der Waals surface area (Å²) in [5.74, 6) is 0.885. The van der Waals surface area contributed by atoms with Gasteiger partial charge in [-0.1, -0.05) is 29.4 Å². The summed E-state index contributed by atoms with van der Waals surface area (Å²) in [6, 6.07) is 10.3. The number of thioether (sulfide) groups is 1. The first-order valence-electron chi connectivity index (χ1n) is 6.03. The third kappa shape index (κ3) is 3.32. The molecular weight excluding hydrogens is 310 g/mol. The zero-order valence-electron chi connectivity index (χ0n) is 10.7. The number of benzene rings is 1. The molecule has 106 valence electrons. The molecule has 0 aliphatic heterocycles. The average molecular weight is 320 g/mol. The van der Waals surface area contributed by atoms with Crippen molar-refractivity contribution in [3.8, 4) is 11.4 Å². The van der Waals surface area contributed by atoms with Gasteiger partial charge in [0.1, 0.15) is 10.9 Å². The van der Waals surface area contributed by atoms with Crippen LogP contribution >= 0.6 is 23.4 Å². The van der Waals surface area contributed by atoms with Crippen molar-refractivity contribution in [2.24, 2.45) is 0 Å². The number of phenols is 1. The zero-order chi connectivity index (χ0) is 14.7. The lowest BCUT2D eigenvalue weighted by atomic mass is 10.3. The summed E-state index contributed by atoms with van der Waals surface area (Å²) in [6.07, 6.45) is 1.73. The molecule has 2 aromatic heterocycles. The van der Waals surface area contributed by atoms with Crippen LogP contribution < -0.4 is 0 Å². The van der Waals surface area contributed by atoms with E-state index in [9.17, 15) is 5.11 Å². The number of rotatable bonds is 4. The van der Waals surface area contributed by atoms with Gasteiger partial charge in [-0.05, 0) is 46.3 Å². The van der Waals surface area contributed by atoms with Gasteiger partial charge in [0.15, 0.2) is 0 Å². The average Bonchev–Trinajstić information content (AvgIpc) is 2.96. The van der Waals surface area contributed by atoms with Gasteiger partial charge in [0.2, 0.25) is 5.16 Å². The van der Waals surface area contributed by atoms with Gasteiger partial charge in [-0.15, -0.1) is 5.10 Å². The highest BCUT2D eigenvalue weighted by Crippen LogP contribution is 2.23. The van der Waals surface area contributed by atoms with Crippen LogP contribution in [0.5, 0.6) is 5.75 Å². The van der Waals surface area contributed by atoms with Crippen LogP contribution in [0.1, 0.15) is 5.56 Å². The Labute approximate surface area is 129 Å². The van der Waals surface area contributed by atoms with Gasteiger partial charge in [-0.2, -0.15) is 4.68 Å². The largest absolute Gasteiger partial charge is 0.508 e. The van der Waals surface area contributed by atoms with Crippen molar-refractivity contribution < 1.29 is 5.11 Å².